The Balaban J connectivity index is 2.22. The molecule has 0 aliphatic rings. The van der Waals surface area contributed by atoms with Gasteiger partial charge in [-0.3, -0.25) is 19.7 Å². The van der Waals surface area contributed by atoms with E-state index in [4.69, 9.17) is 4.74 Å². The van der Waals surface area contributed by atoms with Crippen LogP contribution in [0.2, 0.25) is 0 Å². The topological polar surface area (TPSA) is 119 Å². The first-order valence-electron chi connectivity index (χ1n) is 8.82. The van der Waals surface area contributed by atoms with Gasteiger partial charge < -0.3 is 15.2 Å². The minimum atomic E-state index is -1.08. The molecule has 2 rings (SSSR count). The van der Waals surface area contributed by atoms with Crippen molar-refractivity contribution in [3.8, 4) is 5.75 Å². The highest BCUT2D eigenvalue weighted by atomic mass is 16.6. The zero-order chi connectivity index (χ0) is 20.7. The predicted molar refractivity (Wildman–Crippen MR) is 103 cm³/mol. The summed E-state index contributed by atoms with van der Waals surface area (Å²) < 4.78 is 5.50. The second kappa shape index (κ2) is 9.50. The first-order chi connectivity index (χ1) is 13.3. The molecule has 1 atom stereocenters. The number of carboxylic acid groups (broad SMARTS) is 1. The van der Waals surface area contributed by atoms with E-state index in [1.54, 1.807) is 31.2 Å². The number of carbonyl (C=O) groups is 2. The number of carboxylic acids is 1. The van der Waals surface area contributed by atoms with Crippen LogP contribution in [0.3, 0.4) is 0 Å². The number of ether oxygens (including phenoxy) is 1. The van der Waals surface area contributed by atoms with E-state index >= 15 is 0 Å². The molecule has 2 N–H and O–H groups in total. The van der Waals surface area contributed by atoms with Crippen LogP contribution >= 0.6 is 0 Å². The zero-order valence-corrected chi connectivity index (χ0v) is 15.7. The molecule has 0 aromatic heterocycles. The molecule has 2 aromatic carbocycles. The van der Waals surface area contributed by atoms with E-state index in [2.05, 4.69) is 5.32 Å². The molecule has 0 saturated carbocycles. The van der Waals surface area contributed by atoms with E-state index in [1.807, 2.05) is 6.92 Å². The van der Waals surface area contributed by atoms with Gasteiger partial charge in [-0.15, -0.1) is 0 Å². The van der Waals surface area contributed by atoms with Gasteiger partial charge in [-0.05, 0) is 37.1 Å². The smallest absolute Gasteiger partial charge is 0.305 e. The monoisotopic (exact) mass is 386 g/mol. The van der Waals surface area contributed by atoms with Gasteiger partial charge in [-0.1, -0.05) is 25.1 Å². The Morgan fingerprint density at radius 1 is 1.21 bits per heavy atom. The molecule has 0 saturated heterocycles. The number of aliphatic carboxylic acids is 1. The average Bonchev–Trinajstić information content (AvgIpc) is 2.66. The normalized spacial score (nSPS) is 11.5. The molecule has 0 bridgehead atoms. The Kier molecular flexibility index (Phi) is 7.08. The molecule has 0 radical (unpaired) electrons. The SMILES string of the molecule is CCCOc1ccc([C@H](CC(=O)O)NC(=O)c2ccc(C)c([N+](=O)[O-])c2)cc1. The second-order valence-corrected chi connectivity index (χ2v) is 6.30. The summed E-state index contributed by atoms with van der Waals surface area (Å²) in [5.74, 6) is -1.01. The summed E-state index contributed by atoms with van der Waals surface area (Å²) in [6.07, 6.45) is 0.539. The number of nitrogens with zero attached hydrogens (tertiary/aromatic N) is 1. The van der Waals surface area contributed by atoms with Crippen molar-refractivity contribution in [1.82, 2.24) is 5.32 Å². The third-order valence-corrected chi connectivity index (χ3v) is 4.11. The number of hydrogen-bond acceptors (Lipinski definition) is 5. The van der Waals surface area contributed by atoms with Gasteiger partial charge in [-0.2, -0.15) is 0 Å². The molecule has 28 heavy (non-hydrogen) atoms. The number of aryl methyl sites for hydroxylation is 1. The van der Waals surface area contributed by atoms with Crippen molar-refractivity contribution in [1.29, 1.82) is 0 Å². The molecule has 2 aromatic rings. The number of amides is 1. The molecule has 0 aliphatic carbocycles. The lowest BCUT2D eigenvalue weighted by Crippen LogP contribution is -2.30. The van der Waals surface area contributed by atoms with E-state index < -0.39 is 22.8 Å². The fourth-order valence-corrected chi connectivity index (χ4v) is 2.63. The van der Waals surface area contributed by atoms with Gasteiger partial charge in [0.2, 0.25) is 0 Å². The highest BCUT2D eigenvalue weighted by Gasteiger charge is 2.21. The molecule has 1 amide bonds. The summed E-state index contributed by atoms with van der Waals surface area (Å²) >= 11 is 0. The molecule has 0 heterocycles. The van der Waals surface area contributed by atoms with Crippen molar-refractivity contribution in [2.75, 3.05) is 6.61 Å². The summed E-state index contributed by atoms with van der Waals surface area (Å²) in [6, 6.07) is 10.2. The highest BCUT2D eigenvalue weighted by molar-refractivity contribution is 5.95. The maximum atomic E-state index is 12.6. The number of nitrogens with one attached hydrogen (secondary N) is 1. The van der Waals surface area contributed by atoms with E-state index in [9.17, 15) is 24.8 Å². The summed E-state index contributed by atoms with van der Waals surface area (Å²) in [5, 5.41) is 22.9. The van der Waals surface area contributed by atoms with Crippen LogP contribution in [-0.4, -0.2) is 28.5 Å². The van der Waals surface area contributed by atoms with Crippen molar-refractivity contribution in [3.05, 3.63) is 69.3 Å². The number of benzene rings is 2. The summed E-state index contributed by atoms with van der Waals surface area (Å²) in [6.45, 7) is 4.14. The van der Waals surface area contributed by atoms with Crippen molar-refractivity contribution in [2.45, 2.75) is 32.7 Å². The number of nitro groups is 1. The molecular formula is C20H22N2O6. The van der Waals surface area contributed by atoms with Gasteiger partial charge in [0.25, 0.3) is 11.6 Å². The summed E-state index contributed by atoms with van der Waals surface area (Å²) in [4.78, 5) is 34.3. The van der Waals surface area contributed by atoms with Crippen LogP contribution in [0.1, 0.15) is 47.3 Å². The van der Waals surface area contributed by atoms with E-state index in [0.717, 1.165) is 6.42 Å². The van der Waals surface area contributed by atoms with Crippen LogP contribution in [0.25, 0.3) is 0 Å². The number of hydrogen-bond donors (Lipinski definition) is 2. The van der Waals surface area contributed by atoms with Crippen LogP contribution in [0.5, 0.6) is 5.75 Å². The molecule has 0 fully saturated rings. The standard InChI is InChI=1S/C20H22N2O6/c1-3-10-28-16-8-6-14(7-9-16)17(12-19(23)24)21-20(25)15-5-4-13(2)18(11-15)22(26)27/h4-9,11,17H,3,10,12H2,1-2H3,(H,21,25)(H,23,24)/t17-/m0/s1. The van der Waals surface area contributed by atoms with Crippen molar-refractivity contribution in [2.24, 2.45) is 0 Å². The van der Waals surface area contributed by atoms with Crippen molar-refractivity contribution < 1.29 is 24.4 Å². The van der Waals surface area contributed by atoms with Gasteiger partial charge in [0.1, 0.15) is 5.75 Å². The predicted octanol–water partition coefficient (Wildman–Crippen LogP) is 3.64. The number of carbonyl (C=O) groups excluding carboxylic acids is 1. The van der Waals surface area contributed by atoms with E-state index in [-0.39, 0.29) is 17.7 Å². The number of nitro benzene ring substituents is 1. The third kappa shape index (κ3) is 5.54. The highest BCUT2D eigenvalue weighted by Crippen LogP contribution is 2.23. The van der Waals surface area contributed by atoms with Gasteiger partial charge >= 0.3 is 5.97 Å². The average molecular weight is 386 g/mol. The Hall–Kier alpha value is -3.42. The minimum Gasteiger partial charge on any atom is -0.494 e. The molecule has 0 unspecified atom stereocenters. The fraction of sp³-hybridized carbons (Fsp3) is 0.300. The van der Waals surface area contributed by atoms with Crippen LogP contribution in [0.4, 0.5) is 5.69 Å². The first-order valence-corrected chi connectivity index (χ1v) is 8.82. The van der Waals surface area contributed by atoms with Crippen molar-refractivity contribution >= 4 is 17.6 Å². The van der Waals surface area contributed by atoms with Crippen molar-refractivity contribution in [3.63, 3.8) is 0 Å². The molecule has 8 nitrogen and oxygen atoms in total. The Bertz CT molecular complexity index is 863. The largest absolute Gasteiger partial charge is 0.494 e. The van der Waals surface area contributed by atoms with E-state index in [1.165, 1.54) is 18.2 Å². The molecular weight excluding hydrogens is 364 g/mol. The fourth-order valence-electron chi connectivity index (χ4n) is 2.63. The summed E-state index contributed by atoms with van der Waals surface area (Å²) in [7, 11) is 0. The van der Waals surface area contributed by atoms with Crippen LogP contribution in [-0.2, 0) is 4.79 Å². The Labute approximate surface area is 162 Å². The lowest BCUT2D eigenvalue weighted by Gasteiger charge is -2.18. The van der Waals surface area contributed by atoms with Crippen LogP contribution in [0, 0.1) is 17.0 Å². The molecule has 0 aliphatic heterocycles. The Morgan fingerprint density at radius 2 is 1.89 bits per heavy atom. The molecule has 148 valence electrons. The van der Waals surface area contributed by atoms with Gasteiger partial charge in [0.15, 0.2) is 0 Å². The Morgan fingerprint density at radius 3 is 2.46 bits per heavy atom. The van der Waals surface area contributed by atoms with Gasteiger partial charge in [0.05, 0.1) is 24.0 Å². The summed E-state index contributed by atoms with van der Waals surface area (Å²) in [5.41, 5.74) is 0.961. The zero-order valence-electron chi connectivity index (χ0n) is 15.7. The number of rotatable bonds is 9. The van der Waals surface area contributed by atoms with Gasteiger partial charge in [-0.25, -0.2) is 0 Å². The van der Waals surface area contributed by atoms with Crippen LogP contribution in [0.15, 0.2) is 42.5 Å². The quantitative estimate of drug-likeness (QED) is 0.502. The molecule has 0 spiro atoms. The van der Waals surface area contributed by atoms with Gasteiger partial charge in [0, 0.05) is 17.2 Å². The maximum absolute atomic E-state index is 12.6. The maximum Gasteiger partial charge on any atom is 0.305 e. The van der Waals surface area contributed by atoms with Crippen LogP contribution < -0.4 is 10.1 Å². The molecule has 8 heteroatoms. The van der Waals surface area contributed by atoms with E-state index in [0.29, 0.717) is 23.5 Å². The third-order valence-electron chi connectivity index (χ3n) is 4.11. The minimum absolute atomic E-state index is 0.0931. The lowest BCUT2D eigenvalue weighted by molar-refractivity contribution is -0.385. The first kappa shape index (κ1) is 20.9. The lowest BCUT2D eigenvalue weighted by atomic mass is 10.0. The second-order valence-electron chi connectivity index (χ2n) is 6.30.